The zero-order valence-corrected chi connectivity index (χ0v) is 12.0. The number of fused-ring (bicyclic) bond motifs is 2. The van der Waals surface area contributed by atoms with Gasteiger partial charge in [0.15, 0.2) is 17.6 Å². The first kappa shape index (κ1) is 11.7. The molecule has 3 heterocycles. The number of imidazole rings is 1. The van der Waals surface area contributed by atoms with E-state index in [0.717, 1.165) is 27.3 Å². The summed E-state index contributed by atoms with van der Waals surface area (Å²) in [4.78, 5) is 12.0. The van der Waals surface area contributed by atoms with Crippen LogP contribution >= 0.6 is 15.9 Å². The van der Waals surface area contributed by atoms with E-state index < -0.39 is 0 Å². The van der Waals surface area contributed by atoms with E-state index in [1.807, 2.05) is 30.3 Å². The average molecular weight is 331 g/mol. The van der Waals surface area contributed by atoms with Crippen LogP contribution in [0.5, 0.6) is 5.75 Å². The fourth-order valence-corrected chi connectivity index (χ4v) is 2.64. The summed E-state index contributed by atoms with van der Waals surface area (Å²) >= 11 is 3.41. The number of anilines is 1. The lowest BCUT2D eigenvalue weighted by Gasteiger charge is -2.25. The number of ether oxygens (including phenoxy) is 1. The Balaban J connectivity index is 1.70. The van der Waals surface area contributed by atoms with Gasteiger partial charge in [0, 0.05) is 10.7 Å². The van der Waals surface area contributed by atoms with Crippen LogP contribution in [0.2, 0.25) is 0 Å². The normalized spacial score (nSPS) is 17.4. The number of para-hydroxylation sites is 2. The van der Waals surface area contributed by atoms with E-state index in [9.17, 15) is 0 Å². The molecular weight excluding hydrogens is 320 g/mol. The summed E-state index contributed by atoms with van der Waals surface area (Å²) in [6, 6.07) is 9.86. The maximum atomic E-state index is 5.98. The van der Waals surface area contributed by atoms with Crippen molar-refractivity contribution in [3.8, 4) is 5.75 Å². The Morgan fingerprint density at radius 1 is 1.30 bits per heavy atom. The maximum absolute atomic E-state index is 5.98. The summed E-state index contributed by atoms with van der Waals surface area (Å²) in [5.74, 6) is 1.63. The summed E-state index contributed by atoms with van der Waals surface area (Å²) in [6.07, 6.45) is 1.60. The van der Waals surface area contributed by atoms with Gasteiger partial charge < -0.3 is 15.0 Å². The number of H-pyrrole nitrogens is 1. The number of halogens is 1. The predicted molar refractivity (Wildman–Crippen MR) is 79.9 cm³/mol. The molecule has 0 aliphatic carbocycles. The third-order valence-corrected chi connectivity index (χ3v) is 3.70. The van der Waals surface area contributed by atoms with Crippen molar-refractivity contribution in [2.24, 2.45) is 0 Å². The lowest BCUT2D eigenvalue weighted by molar-refractivity contribution is 0.202. The van der Waals surface area contributed by atoms with Gasteiger partial charge in [-0.1, -0.05) is 12.1 Å². The average Bonchev–Trinajstić information content (AvgIpc) is 2.89. The second-order valence-corrected chi connectivity index (χ2v) is 5.55. The van der Waals surface area contributed by atoms with Crippen molar-refractivity contribution in [2.45, 2.75) is 6.10 Å². The van der Waals surface area contributed by atoms with Crippen molar-refractivity contribution in [3.05, 3.63) is 46.8 Å². The standard InChI is InChI=1S/C14H11BrN4O/c15-8-5-10-13(17-6-8)19-14(18-10)12-7-16-9-3-1-2-4-11(9)20-12/h1-6,12,16H,7H2,(H,17,18,19). The second-order valence-electron chi connectivity index (χ2n) is 4.63. The highest BCUT2D eigenvalue weighted by atomic mass is 79.9. The van der Waals surface area contributed by atoms with Crippen LogP contribution in [0.4, 0.5) is 5.69 Å². The zero-order chi connectivity index (χ0) is 13.5. The van der Waals surface area contributed by atoms with Crippen molar-refractivity contribution in [1.82, 2.24) is 15.0 Å². The molecule has 1 unspecified atom stereocenters. The minimum atomic E-state index is -0.141. The molecule has 0 fully saturated rings. The lowest BCUT2D eigenvalue weighted by atomic mass is 10.2. The van der Waals surface area contributed by atoms with Crippen LogP contribution in [0.25, 0.3) is 11.2 Å². The van der Waals surface area contributed by atoms with E-state index in [1.54, 1.807) is 6.20 Å². The Bertz CT molecular complexity index is 786. The third kappa shape index (κ3) is 1.92. The van der Waals surface area contributed by atoms with Gasteiger partial charge >= 0.3 is 0 Å². The second kappa shape index (κ2) is 4.49. The van der Waals surface area contributed by atoms with Crippen LogP contribution in [0.3, 0.4) is 0 Å². The molecule has 5 nitrogen and oxygen atoms in total. The summed E-state index contributed by atoms with van der Waals surface area (Å²) in [7, 11) is 0. The summed E-state index contributed by atoms with van der Waals surface area (Å²) < 4.78 is 6.91. The molecule has 0 bridgehead atoms. The highest BCUT2D eigenvalue weighted by Crippen LogP contribution is 2.33. The largest absolute Gasteiger partial charge is 0.478 e. The number of nitrogens with one attached hydrogen (secondary N) is 2. The lowest BCUT2D eigenvalue weighted by Crippen LogP contribution is -2.24. The number of hydrogen-bond acceptors (Lipinski definition) is 4. The van der Waals surface area contributed by atoms with Crippen molar-refractivity contribution >= 4 is 32.8 Å². The van der Waals surface area contributed by atoms with E-state index in [0.29, 0.717) is 12.2 Å². The van der Waals surface area contributed by atoms with Crippen LogP contribution in [0, 0.1) is 0 Å². The topological polar surface area (TPSA) is 62.8 Å². The van der Waals surface area contributed by atoms with Gasteiger partial charge in [0.2, 0.25) is 0 Å². The Morgan fingerprint density at radius 3 is 3.15 bits per heavy atom. The number of aromatic nitrogens is 3. The van der Waals surface area contributed by atoms with Gasteiger partial charge in [-0.05, 0) is 34.1 Å². The monoisotopic (exact) mass is 330 g/mol. The van der Waals surface area contributed by atoms with E-state index in [4.69, 9.17) is 4.74 Å². The summed E-state index contributed by atoms with van der Waals surface area (Å²) in [5.41, 5.74) is 2.61. The molecule has 0 radical (unpaired) electrons. The molecule has 3 aromatic rings. The molecule has 6 heteroatoms. The molecule has 20 heavy (non-hydrogen) atoms. The summed E-state index contributed by atoms with van der Waals surface area (Å²) in [5, 5.41) is 3.35. The highest BCUT2D eigenvalue weighted by Gasteiger charge is 2.23. The predicted octanol–water partition coefficient (Wildman–Crippen LogP) is 3.27. The SMILES string of the molecule is Brc1cnc2nc(C3CNc4ccccc4O3)[nH]c2c1. The van der Waals surface area contributed by atoms with E-state index >= 15 is 0 Å². The van der Waals surface area contributed by atoms with Crippen LogP contribution in [0.15, 0.2) is 41.0 Å². The van der Waals surface area contributed by atoms with Gasteiger partial charge in [-0.15, -0.1) is 0 Å². The van der Waals surface area contributed by atoms with E-state index in [-0.39, 0.29) is 6.10 Å². The molecule has 1 atom stereocenters. The first-order valence-corrected chi connectivity index (χ1v) is 7.09. The molecule has 4 rings (SSSR count). The maximum Gasteiger partial charge on any atom is 0.177 e. The van der Waals surface area contributed by atoms with E-state index in [2.05, 4.69) is 36.2 Å². The number of benzene rings is 1. The molecule has 0 spiro atoms. The number of hydrogen-bond donors (Lipinski definition) is 2. The van der Waals surface area contributed by atoms with Crippen LogP contribution in [-0.4, -0.2) is 21.5 Å². The molecule has 2 N–H and O–H groups in total. The minimum absolute atomic E-state index is 0.141. The quantitative estimate of drug-likeness (QED) is 0.718. The van der Waals surface area contributed by atoms with Crippen LogP contribution in [0.1, 0.15) is 11.9 Å². The van der Waals surface area contributed by atoms with E-state index in [1.165, 1.54) is 0 Å². The van der Waals surface area contributed by atoms with Gasteiger partial charge in [0.25, 0.3) is 0 Å². The molecule has 0 saturated carbocycles. The third-order valence-electron chi connectivity index (χ3n) is 3.26. The number of aromatic amines is 1. The first-order valence-electron chi connectivity index (χ1n) is 6.30. The molecule has 0 saturated heterocycles. The number of nitrogens with zero attached hydrogens (tertiary/aromatic N) is 2. The van der Waals surface area contributed by atoms with Gasteiger partial charge in [0.05, 0.1) is 17.7 Å². The fraction of sp³-hybridized carbons (Fsp3) is 0.143. The molecule has 0 amide bonds. The number of rotatable bonds is 1. The van der Waals surface area contributed by atoms with Crippen molar-refractivity contribution < 1.29 is 4.74 Å². The van der Waals surface area contributed by atoms with Crippen molar-refractivity contribution in [2.75, 3.05) is 11.9 Å². The molecule has 2 aromatic heterocycles. The fourth-order valence-electron chi connectivity index (χ4n) is 2.31. The Morgan fingerprint density at radius 2 is 2.20 bits per heavy atom. The van der Waals surface area contributed by atoms with Gasteiger partial charge in [-0.3, -0.25) is 0 Å². The van der Waals surface area contributed by atoms with Crippen molar-refractivity contribution in [1.29, 1.82) is 0 Å². The Kier molecular flexibility index (Phi) is 2.63. The van der Waals surface area contributed by atoms with Crippen LogP contribution < -0.4 is 10.1 Å². The van der Waals surface area contributed by atoms with Gasteiger partial charge in [-0.2, -0.15) is 0 Å². The Hall–Kier alpha value is -2.08. The molecular formula is C14H11BrN4O. The number of pyridine rings is 1. The minimum Gasteiger partial charge on any atom is -0.478 e. The molecule has 100 valence electrons. The zero-order valence-electron chi connectivity index (χ0n) is 10.4. The van der Waals surface area contributed by atoms with Gasteiger partial charge in [-0.25, -0.2) is 9.97 Å². The Labute approximate surface area is 123 Å². The summed E-state index contributed by atoms with van der Waals surface area (Å²) in [6.45, 7) is 0.679. The van der Waals surface area contributed by atoms with Gasteiger partial charge in [0.1, 0.15) is 5.75 Å². The molecule has 1 aromatic carbocycles. The first-order chi connectivity index (χ1) is 9.79. The van der Waals surface area contributed by atoms with Crippen LogP contribution in [-0.2, 0) is 0 Å². The van der Waals surface area contributed by atoms with Crippen molar-refractivity contribution in [3.63, 3.8) is 0 Å². The molecule has 1 aliphatic heterocycles. The highest BCUT2D eigenvalue weighted by molar-refractivity contribution is 9.10. The smallest absolute Gasteiger partial charge is 0.177 e. The molecule has 1 aliphatic rings.